The van der Waals surface area contributed by atoms with Crippen LogP contribution in [0.2, 0.25) is 0 Å². The van der Waals surface area contributed by atoms with Gasteiger partial charge in [-0.1, -0.05) is 6.07 Å². The normalized spacial score (nSPS) is 21.4. The molecule has 1 N–H and O–H groups in total. The van der Waals surface area contributed by atoms with Crippen LogP contribution in [-0.2, 0) is 14.8 Å². The van der Waals surface area contributed by atoms with E-state index in [1.165, 1.54) is 12.1 Å². The largest absolute Gasteiger partial charge is 0.362 e. The Labute approximate surface area is 189 Å². The number of rotatable bonds is 4. The van der Waals surface area contributed by atoms with Gasteiger partial charge < -0.3 is 20.0 Å². The second kappa shape index (κ2) is 9.48. The maximum absolute atomic E-state index is 12.8. The molecule has 0 unspecified atom stereocenters. The zero-order valence-corrected chi connectivity index (χ0v) is 19.3. The minimum atomic E-state index is -3.84. The van der Waals surface area contributed by atoms with Crippen LogP contribution < -0.4 is 5.32 Å². The Morgan fingerprint density at radius 1 is 1.00 bits per heavy atom. The summed E-state index contributed by atoms with van der Waals surface area (Å²) < 4.78 is 29.4. The van der Waals surface area contributed by atoms with E-state index in [-0.39, 0.29) is 22.8 Å². The van der Waals surface area contributed by atoms with Crippen molar-refractivity contribution in [2.75, 3.05) is 45.1 Å². The van der Waals surface area contributed by atoms with Gasteiger partial charge in [0.25, 0.3) is 10.0 Å². The highest BCUT2D eigenvalue weighted by Gasteiger charge is 2.30. The van der Waals surface area contributed by atoms with Gasteiger partial charge in [0.1, 0.15) is 5.84 Å². The predicted octanol–water partition coefficient (Wildman–Crippen LogP) is 2.37. The average Bonchev–Trinajstić information content (AvgIpc) is 3.46. The lowest BCUT2D eigenvalue weighted by molar-refractivity contribution is -0.121. The molecular weight excluding hydrogens is 430 g/mol. The van der Waals surface area contributed by atoms with E-state index in [4.69, 9.17) is 0 Å². The fourth-order valence-electron chi connectivity index (χ4n) is 4.52. The number of urea groups is 1. The number of hydrogen-bond acceptors (Lipinski definition) is 4. The van der Waals surface area contributed by atoms with Gasteiger partial charge in [-0.25, -0.2) is 4.79 Å². The van der Waals surface area contributed by atoms with Crippen LogP contribution in [0.5, 0.6) is 0 Å². The number of carbonyl (C=O) groups is 2. The van der Waals surface area contributed by atoms with Gasteiger partial charge in [-0.15, -0.1) is 4.40 Å². The summed E-state index contributed by atoms with van der Waals surface area (Å²) in [6.45, 7) is 3.56. The Bertz CT molecular complexity index is 995. The Morgan fingerprint density at radius 2 is 1.69 bits per heavy atom. The fourth-order valence-corrected chi connectivity index (χ4v) is 5.66. The van der Waals surface area contributed by atoms with Crippen molar-refractivity contribution < 1.29 is 18.0 Å². The molecular formula is C22H31N5O4S. The first-order valence-electron chi connectivity index (χ1n) is 11.3. The van der Waals surface area contributed by atoms with Crippen molar-refractivity contribution in [3.63, 3.8) is 0 Å². The van der Waals surface area contributed by atoms with Gasteiger partial charge in [-0.2, -0.15) is 8.42 Å². The van der Waals surface area contributed by atoms with E-state index < -0.39 is 10.0 Å². The molecule has 9 nitrogen and oxygen atoms in total. The third kappa shape index (κ3) is 5.06. The minimum absolute atomic E-state index is 0.0640. The zero-order valence-electron chi connectivity index (χ0n) is 18.5. The van der Waals surface area contributed by atoms with E-state index in [2.05, 4.69) is 9.71 Å². The molecule has 1 aromatic rings. The molecule has 0 spiro atoms. The molecule has 10 heteroatoms. The first-order chi connectivity index (χ1) is 15.3. The van der Waals surface area contributed by atoms with Gasteiger partial charge in [0.15, 0.2) is 0 Å². The molecule has 0 aliphatic carbocycles. The van der Waals surface area contributed by atoms with E-state index >= 15 is 0 Å². The molecule has 0 saturated carbocycles. The number of likely N-dealkylation sites (tertiary alicyclic amines) is 3. The lowest BCUT2D eigenvalue weighted by atomic mass is 9.96. The van der Waals surface area contributed by atoms with E-state index in [9.17, 15) is 18.0 Å². The van der Waals surface area contributed by atoms with Crippen LogP contribution in [0.3, 0.4) is 0 Å². The van der Waals surface area contributed by atoms with E-state index in [1.807, 2.05) is 21.7 Å². The van der Waals surface area contributed by atoms with E-state index in [0.29, 0.717) is 43.9 Å². The molecule has 0 bridgehead atoms. The summed E-state index contributed by atoms with van der Waals surface area (Å²) in [4.78, 5) is 30.9. The summed E-state index contributed by atoms with van der Waals surface area (Å²) >= 11 is 0. The first kappa shape index (κ1) is 22.6. The first-order valence-corrected chi connectivity index (χ1v) is 12.8. The van der Waals surface area contributed by atoms with Crippen molar-refractivity contribution in [1.29, 1.82) is 0 Å². The highest BCUT2D eigenvalue weighted by atomic mass is 32.2. The van der Waals surface area contributed by atoms with Gasteiger partial charge in [0.2, 0.25) is 5.91 Å². The lowest BCUT2D eigenvalue weighted by Crippen LogP contribution is -2.47. The quantitative estimate of drug-likeness (QED) is 0.742. The Kier molecular flexibility index (Phi) is 6.68. The molecule has 3 aliphatic heterocycles. The summed E-state index contributed by atoms with van der Waals surface area (Å²) in [5.74, 6) is 0.217. The number of amidine groups is 1. The van der Waals surface area contributed by atoms with E-state index in [0.717, 1.165) is 38.9 Å². The number of nitrogens with zero attached hydrogens (tertiary/aromatic N) is 4. The van der Waals surface area contributed by atoms with Crippen molar-refractivity contribution >= 4 is 33.5 Å². The topological polar surface area (TPSA) is 102 Å². The molecule has 3 saturated heterocycles. The predicted molar refractivity (Wildman–Crippen MR) is 122 cm³/mol. The van der Waals surface area contributed by atoms with Crippen molar-refractivity contribution in [3.05, 3.63) is 24.3 Å². The standard InChI is InChI=1S/C22H31N5O4S/c1-25-11-5-8-20(25)24-32(30,31)19-7-4-6-18(16-19)23-21(28)17-9-14-27(15-10-17)22(29)26-12-2-3-13-26/h4,6-7,16-17H,2-3,5,8-15H2,1H3,(H,23,28)/b24-20+. The fraction of sp³-hybridized carbons (Fsp3) is 0.591. The number of sulfonamides is 1. The highest BCUT2D eigenvalue weighted by Crippen LogP contribution is 2.24. The van der Waals surface area contributed by atoms with Crippen LogP contribution in [0.1, 0.15) is 38.5 Å². The molecule has 3 heterocycles. The Morgan fingerprint density at radius 3 is 2.34 bits per heavy atom. The summed E-state index contributed by atoms with van der Waals surface area (Å²) in [6, 6.07) is 6.31. The Balaban J connectivity index is 1.35. The molecule has 1 aromatic carbocycles. The van der Waals surface area contributed by atoms with Gasteiger partial charge >= 0.3 is 6.03 Å². The third-order valence-electron chi connectivity index (χ3n) is 6.47. The summed E-state index contributed by atoms with van der Waals surface area (Å²) in [5.41, 5.74) is 0.437. The van der Waals surface area contributed by atoms with Crippen molar-refractivity contribution in [2.45, 2.75) is 43.4 Å². The molecule has 3 aliphatic rings. The minimum Gasteiger partial charge on any atom is -0.362 e. The molecule has 3 fully saturated rings. The number of amides is 3. The van der Waals surface area contributed by atoms with Crippen LogP contribution in [0.4, 0.5) is 10.5 Å². The van der Waals surface area contributed by atoms with Crippen LogP contribution in [0.15, 0.2) is 33.6 Å². The average molecular weight is 462 g/mol. The molecule has 0 atom stereocenters. The second-order valence-corrected chi connectivity index (χ2v) is 10.4. The van der Waals surface area contributed by atoms with Gasteiger partial charge in [-0.05, 0) is 50.3 Å². The van der Waals surface area contributed by atoms with Gasteiger partial charge in [-0.3, -0.25) is 4.79 Å². The van der Waals surface area contributed by atoms with Crippen molar-refractivity contribution in [1.82, 2.24) is 14.7 Å². The molecule has 4 rings (SSSR count). The third-order valence-corrected chi connectivity index (χ3v) is 7.77. The van der Waals surface area contributed by atoms with Crippen LogP contribution in [0.25, 0.3) is 0 Å². The monoisotopic (exact) mass is 461 g/mol. The zero-order chi connectivity index (χ0) is 22.7. The molecule has 0 radical (unpaired) electrons. The maximum atomic E-state index is 12.8. The second-order valence-electron chi connectivity index (χ2n) is 8.76. The van der Waals surface area contributed by atoms with Gasteiger partial charge in [0.05, 0.1) is 4.90 Å². The Hall–Kier alpha value is -2.62. The van der Waals surface area contributed by atoms with Crippen LogP contribution in [0, 0.1) is 5.92 Å². The number of carbonyl (C=O) groups excluding carboxylic acids is 2. The summed E-state index contributed by atoms with van der Waals surface area (Å²) in [7, 11) is -2.00. The van der Waals surface area contributed by atoms with Crippen molar-refractivity contribution in [2.24, 2.45) is 10.3 Å². The number of anilines is 1. The van der Waals surface area contributed by atoms with Crippen LogP contribution >= 0.6 is 0 Å². The smallest absolute Gasteiger partial charge is 0.319 e. The van der Waals surface area contributed by atoms with Crippen molar-refractivity contribution in [3.8, 4) is 0 Å². The number of piperidine rings is 1. The van der Waals surface area contributed by atoms with Gasteiger partial charge in [0, 0.05) is 57.8 Å². The summed E-state index contributed by atoms with van der Waals surface area (Å²) in [6.07, 6.45) is 4.85. The molecule has 0 aromatic heterocycles. The maximum Gasteiger partial charge on any atom is 0.319 e. The highest BCUT2D eigenvalue weighted by molar-refractivity contribution is 7.90. The van der Waals surface area contributed by atoms with E-state index in [1.54, 1.807) is 12.1 Å². The molecule has 32 heavy (non-hydrogen) atoms. The number of nitrogens with one attached hydrogen (secondary N) is 1. The SMILES string of the molecule is CN1CCC/C1=N\S(=O)(=O)c1cccc(NC(=O)C2CCN(C(=O)N3CCCC3)CC2)c1. The molecule has 174 valence electrons. The number of benzene rings is 1. The molecule has 3 amide bonds. The van der Waals surface area contributed by atoms with Crippen LogP contribution in [-0.4, -0.2) is 80.7 Å². The summed E-state index contributed by atoms with van der Waals surface area (Å²) in [5, 5.41) is 2.85. The number of hydrogen-bond donors (Lipinski definition) is 1. The lowest BCUT2D eigenvalue weighted by Gasteiger charge is -2.34.